The number of aromatic nitrogens is 2. The molecule has 0 saturated heterocycles. The monoisotopic (exact) mass is 281 g/mol. The summed E-state index contributed by atoms with van der Waals surface area (Å²) in [6, 6.07) is 0. The summed E-state index contributed by atoms with van der Waals surface area (Å²) in [6.45, 7) is 8.22. The van der Waals surface area contributed by atoms with E-state index in [9.17, 15) is 4.79 Å². The highest BCUT2D eigenvalue weighted by Crippen LogP contribution is 2.08. The Hall–Kier alpha value is -1.69. The van der Waals surface area contributed by atoms with E-state index < -0.39 is 0 Å². The molecular weight excluding hydrogens is 258 g/mol. The van der Waals surface area contributed by atoms with Gasteiger partial charge in [0.1, 0.15) is 0 Å². The molecule has 1 N–H and O–H groups in total. The van der Waals surface area contributed by atoms with Crippen LogP contribution in [0.5, 0.6) is 0 Å². The lowest BCUT2D eigenvalue weighted by Gasteiger charge is -2.08. The van der Waals surface area contributed by atoms with Crippen LogP contribution in [-0.4, -0.2) is 42.3 Å². The van der Waals surface area contributed by atoms with Crippen LogP contribution in [0.25, 0.3) is 0 Å². The fraction of sp³-hybridized carbons (Fsp3) is 0.643. The SMILES string of the molecule is CCCOCCCNc1ncc(C(=O)OCC)c(C)n1. The number of anilines is 1. The molecule has 0 aromatic carbocycles. The van der Waals surface area contributed by atoms with Crippen molar-refractivity contribution >= 4 is 11.9 Å². The summed E-state index contributed by atoms with van der Waals surface area (Å²) in [4.78, 5) is 20.0. The molecule has 112 valence electrons. The predicted molar refractivity (Wildman–Crippen MR) is 76.9 cm³/mol. The van der Waals surface area contributed by atoms with Gasteiger partial charge in [0.05, 0.1) is 17.9 Å². The molecule has 0 amide bonds. The number of esters is 1. The highest BCUT2D eigenvalue weighted by Gasteiger charge is 2.12. The van der Waals surface area contributed by atoms with Gasteiger partial charge in [-0.25, -0.2) is 14.8 Å². The summed E-state index contributed by atoms with van der Waals surface area (Å²) in [5.41, 5.74) is 1.02. The lowest BCUT2D eigenvalue weighted by molar-refractivity contribution is 0.0524. The Morgan fingerprint density at radius 1 is 1.35 bits per heavy atom. The van der Waals surface area contributed by atoms with Crippen molar-refractivity contribution < 1.29 is 14.3 Å². The van der Waals surface area contributed by atoms with E-state index in [0.29, 0.717) is 23.8 Å². The van der Waals surface area contributed by atoms with E-state index in [1.165, 1.54) is 6.20 Å². The van der Waals surface area contributed by atoms with Crippen LogP contribution in [0.3, 0.4) is 0 Å². The quantitative estimate of drug-likeness (QED) is 0.552. The van der Waals surface area contributed by atoms with Crippen LogP contribution in [0.1, 0.15) is 42.7 Å². The lowest BCUT2D eigenvalue weighted by Crippen LogP contribution is -2.12. The van der Waals surface area contributed by atoms with Crippen LogP contribution in [0.15, 0.2) is 6.20 Å². The van der Waals surface area contributed by atoms with E-state index in [-0.39, 0.29) is 5.97 Å². The highest BCUT2D eigenvalue weighted by molar-refractivity contribution is 5.90. The Bertz CT molecular complexity index is 424. The normalized spacial score (nSPS) is 10.3. The Kier molecular flexibility index (Phi) is 7.57. The van der Waals surface area contributed by atoms with E-state index in [1.807, 2.05) is 0 Å². The molecule has 0 spiro atoms. The maximum Gasteiger partial charge on any atom is 0.341 e. The van der Waals surface area contributed by atoms with Gasteiger partial charge >= 0.3 is 5.97 Å². The second-order valence-electron chi connectivity index (χ2n) is 4.31. The Morgan fingerprint density at radius 3 is 2.80 bits per heavy atom. The van der Waals surface area contributed by atoms with Gasteiger partial charge in [-0.2, -0.15) is 0 Å². The summed E-state index contributed by atoms with van der Waals surface area (Å²) in [7, 11) is 0. The number of aryl methyl sites for hydroxylation is 1. The zero-order chi connectivity index (χ0) is 14.8. The van der Waals surface area contributed by atoms with Crippen LogP contribution in [0, 0.1) is 6.92 Å². The smallest absolute Gasteiger partial charge is 0.341 e. The third-order valence-corrected chi connectivity index (χ3v) is 2.57. The number of hydrogen-bond donors (Lipinski definition) is 1. The number of hydrogen-bond acceptors (Lipinski definition) is 6. The molecule has 0 fully saturated rings. The summed E-state index contributed by atoms with van der Waals surface area (Å²) >= 11 is 0. The first-order valence-electron chi connectivity index (χ1n) is 7.01. The maximum atomic E-state index is 11.6. The minimum absolute atomic E-state index is 0.343. The van der Waals surface area contributed by atoms with Gasteiger partial charge in [0.15, 0.2) is 0 Å². The average molecular weight is 281 g/mol. The van der Waals surface area contributed by atoms with Crippen LogP contribution in [0.4, 0.5) is 5.95 Å². The van der Waals surface area contributed by atoms with Gasteiger partial charge in [-0.3, -0.25) is 0 Å². The van der Waals surface area contributed by atoms with Crippen molar-refractivity contribution in [3.05, 3.63) is 17.5 Å². The van der Waals surface area contributed by atoms with Crippen molar-refractivity contribution in [1.29, 1.82) is 0 Å². The van der Waals surface area contributed by atoms with Crippen molar-refractivity contribution in [2.24, 2.45) is 0 Å². The first-order valence-corrected chi connectivity index (χ1v) is 7.01. The minimum atomic E-state index is -0.385. The molecule has 0 aliphatic carbocycles. The second-order valence-corrected chi connectivity index (χ2v) is 4.31. The van der Waals surface area contributed by atoms with Crippen molar-refractivity contribution in [3.63, 3.8) is 0 Å². The zero-order valence-electron chi connectivity index (χ0n) is 12.4. The summed E-state index contributed by atoms with van der Waals surface area (Å²) in [5, 5.41) is 3.11. The number of ether oxygens (including phenoxy) is 2. The number of carbonyl (C=O) groups excluding carboxylic acids is 1. The Balaban J connectivity index is 2.41. The van der Waals surface area contributed by atoms with Gasteiger partial charge in [-0.1, -0.05) is 6.92 Å². The average Bonchev–Trinajstić information content (AvgIpc) is 2.43. The van der Waals surface area contributed by atoms with E-state index in [4.69, 9.17) is 9.47 Å². The molecule has 6 nitrogen and oxygen atoms in total. The van der Waals surface area contributed by atoms with Crippen molar-refractivity contribution in [1.82, 2.24) is 9.97 Å². The molecule has 0 bridgehead atoms. The van der Waals surface area contributed by atoms with E-state index in [0.717, 1.165) is 32.6 Å². The third-order valence-electron chi connectivity index (χ3n) is 2.57. The van der Waals surface area contributed by atoms with Gasteiger partial charge in [0, 0.05) is 26.0 Å². The molecule has 6 heteroatoms. The third kappa shape index (κ3) is 5.52. The number of rotatable bonds is 9. The molecular formula is C14H23N3O3. The van der Waals surface area contributed by atoms with E-state index in [2.05, 4.69) is 22.2 Å². The molecule has 0 unspecified atom stereocenters. The Labute approximate surface area is 119 Å². The molecule has 1 heterocycles. The first-order chi connectivity index (χ1) is 9.69. The topological polar surface area (TPSA) is 73.3 Å². The number of carbonyl (C=O) groups is 1. The zero-order valence-corrected chi connectivity index (χ0v) is 12.4. The van der Waals surface area contributed by atoms with Crippen LogP contribution in [-0.2, 0) is 9.47 Å². The van der Waals surface area contributed by atoms with Gasteiger partial charge in [-0.05, 0) is 26.7 Å². The number of nitrogens with zero attached hydrogens (tertiary/aromatic N) is 2. The van der Waals surface area contributed by atoms with Crippen LogP contribution in [0.2, 0.25) is 0 Å². The van der Waals surface area contributed by atoms with Crippen LogP contribution >= 0.6 is 0 Å². The molecule has 0 saturated carbocycles. The first kappa shape index (κ1) is 16.4. The summed E-state index contributed by atoms with van der Waals surface area (Å²) < 4.78 is 10.3. The fourth-order valence-corrected chi connectivity index (χ4v) is 1.58. The molecule has 1 aromatic heterocycles. The molecule has 0 atom stereocenters. The molecule has 0 aliphatic rings. The van der Waals surface area contributed by atoms with Gasteiger partial charge in [0.2, 0.25) is 5.95 Å². The number of nitrogens with one attached hydrogen (secondary N) is 1. The molecule has 0 radical (unpaired) electrons. The van der Waals surface area contributed by atoms with Gasteiger partial charge in [-0.15, -0.1) is 0 Å². The van der Waals surface area contributed by atoms with Crippen molar-refractivity contribution in [2.45, 2.75) is 33.6 Å². The molecule has 0 aliphatic heterocycles. The predicted octanol–water partition coefficient (Wildman–Crippen LogP) is 2.19. The molecule has 1 rings (SSSR count). The Morgan fingerprint density at radius 2 is 2.15 bits per heavy atom. The highest BCUT2D eigenvalue weighted by atomic mass is 16.5. The van der Waals surface area contributed by atoms with Crippen LogP contribution < -0.4 is 5.32 Å². The fourth-order valence-electron chi connectivity index (χ4n) is 1.58. The summed E-state index contributed by atoms with van der Waals surface area (Å²) in [6.07, 6.45) is 3.42. The molecule has 20 heavy (non-hydrogen) atoms. The van der Waals surface area contributed by atoms with E-state index in [1.54, 1.807) is 13.8 Å². The maximum absolute atomic E-state index is 11.6. The summed E-state index contributed by atoms with van der Waals surface area (Å²) in [5.74, 6) is 0.135. The molecule has 1 aromatic rings. The largest absolute Gasteiger partial charge is 0.462 e. The lowest BCUT2D eigenvalue weighted by atomic mass is 10.2. The van der Waals surface area contributed by atoms with Crippen molar-refractivity contribution in [2.75, 3.05) is 31.7 Å². The van der Waals surface area contributed by atoms with Crippen molar-refractivity contribution in [3.8, 4) is 0 Å². The minimum Gasteiger partial charge on any atom is -0.462 e. The second kappa shape index (κ2) is 9.25. The van der Waals surface area contributed by atoms with E-state index >= 15 is 0 Å². The standard InChI is InChI=1S/C14H23N3O3/c1-4-8-19-9-6-7-15-14-16-10-12(11(3)17-14)13(18)20-5-2/h10H,4-9H2,1-3H3,(H,15,16,17). The van der Waals surface area contributed by atoms with Gasteiger partial charge in [0.25, 0.3) is 0 Å². The van der Waals surface area contributed by atoms with Gasteiger partial charge < -0.3 is 14.8 Å².